The van der Waals surface area contributed by atoms with Crippen molar-refractivity contribution in [2.24, 2.45) is 5.73 Å². The number of amides is 1. The summed E-state index contributed by atoms with van der Waals surface area (Å²) >= 11 is 0. The van der Waals surface area contributed by atoms with E-state index in [2.05, 4.69) is 4.98 Å². The largest absolute Gasteiger partial charge is 0.457 e. The Labute approximate surface area is 115 Å². The topological polar surface area (TPSA) is 78.4 Å². The second-order valence-corrected chi connectivity index (χ2v) is 4.31. The zero-order valence-corrected chi connectivity index (χ0v) is 10.6. The summed E-state index contributed by atoms with van der Waals surface area (Å²) in [5.74, 6) is 0.558. The fourth-order valence-corrected chi connectivity index (χ4v) is 2.02. The smallest absolute Gasteiger partial charge is 0.404 e. The first kappa shape index (κ1) is 12.2. The lowest BCUT2D eigenvalue weighted by atomic mass is 10.1. The molecular weight excluding hydrogens is 256 g/mol. The highest BCUT2D eigenvalue weighted by Gasteiger charge is 2.07. The van der Waals surface area contributed by atoms with Crippen molar-refractivity contribution in [1.29, 1.82) is 0 Å². The van der Waals surface area contributed by atoms with Crippen LogP contribution < -0.4 is 5.73 Å². The van der Waals surface area contributed by atoms with Crippen LogP contribution in [-0.4, -0.2) is 11.1 Å². The number of hydrogen-bond acceptors (Lipinski definition) is 4. The van der Waals surface area contributed by atoms with E-state index in [1.807, 2.05) is 36.4 Å². The van der Waals surface area contributed by atoms with E-state index in [0.717, 1.165) is 22.1 Å². The van der Waals surface area contributed by atoms with E-state index in [0.29, 0.717) is 5.76 Å². The molecule has 2 heterocycles. The van der Waals surface area contributed by atoms with Crippen LogP contribution in [0.2, 0.25) is 0 Å². The second-order valence-electron chi connectivity index (χ2n) is 4.31. The van der Waals surface area contributed by atoms with Gasteiger partial charge in [0, 0.05) is 23.3 Å². The first-order valence-corrected chi connectivity index (χ1v) is 6.07. The summed E-state index contributed by atoms with van der Waals surface area (Å²) in [5.41, 5.74) is 7.74. The van der Waals surface area contributed by atoms with E-state index >= 15 is 0 Å². The Morgan fingerprint density at radius 2 is 2.15 bits per heavy atom. The molecule has 0 radical (unpaired) electrons. The number of ether oxygens (including phenoxy) is 1. The van der Waals surface area contributed by atoms with Crippen molar-refractivity contribution in [2.75, 3.05) is 0 Å². The van der Waals surface area contributed by atoms with Crippen LogP contribution in [-0.2, 0) is 11.3 Å². The lowest BCUT2D eigenvalue weighted by molar-refractivity contribution is 0.142. The number of nitrogens with two attached hydrogens (primary N) is 1. The Kier molecular flexibility index (Phi) is 3.09. The molecule has 0 spiro atoms. The summed E-state index contributed by atoms with van der Waals surface area (Å²) < 4.78 is 10.3. The molecule has 1 aromatic carbocycles. The Morgan fingerprint density at radius 3 is 2.90 bits per heavy atom. The lowest BCUT2D eigenvalue weighted by Crippen LogP contribution is -2.12. The molecule has 0 aliphatic heterocycles. The molecule has 2 aromatic heterocycles. The number of nitrogens with zero attached hydrogens (tertiary/aromatic N) is 1. The van der Waals surface area contributed by atoms with Crippen molar-refractivity contribution in [3.8, 4) is 11.1 Å². The van der Waals surface area contributed by atoms with Crippen LogP contribution in [0.25, 0.3) is 22.1 Å². The SMILES string of the molecule is NC(=O)OCc1cc2cc(-c3cccnc3)ccc2o1. The maximum absolute atomic E-state index is 10.6. The number of carbonyl (C=O) groups excluding carboxylic acids is 1. The fraction of sp³-hybridized carbons (Fsp3) is 0.0667. The van der Waals surface area contributed by atoms with Crippen molar-refractivity contribution in [3.05, 3.63) is 54.6 Å². The van der Waals surface area contributed by atoms with Crippen LogP contribution in [0, 0.1) is 0 Å². The van der Waals surface area contributed by atoms with Gasteiger partial charge in [-0.1, -0.05) is 12.1 Å². The van der Waals surface area contributed by atoms with Crippen LogP contribution in [0.5, 0.6) is 0 Å². The molecule has 2 N–H and O–H groups in total. The molecule has 0 saturated heterocycles. The molecule has 0 fully saturated rings. The van der Waals surface area contributed by atoms with Gasteiger partial charge in [0.25, 0.3) is 0 Å². The van der Waals surface area contributed by atoms with E-state index in [-0.39, 0.29) is 6.61 Å². The molecule has 1 amide bonds. The molecule has 3 rings (SSSR count). The number of carbonyl (C=O) groups is 1. The van der Waals surface area contributed by atoms with Crippen LogP contribution >= 0.6 is 0 Å². The van der Waals surface area contributed by atoms with Crippen molar-refractivity contribution in [2.45, 2.75) is 6.61 Å². The number of pyridine rings is 1. The normalized spacial score (nSPS) is 10.6. The third kappa shape index (κ3) is 2.47. The Morgan fingerprint density at radius 1 is 1.25 bits per heavy atom. The summed E-state index contributed by atoms with van der Waals surface area (Å²) in [7, 11) is 0. The fourth-order valence-electron chi connectivity index (χ4n) is 2.02. The second kappa shape index (κ2) is 5.05. The van der Waals surface area contributed by atoms with Gasteiger partial charge in [0.15, 0.2) is 6.61 Å². The highest BCUT2D eigenvalue weighted by molar-refractivity contribution is 5.84. The van der Waals surface area contributed by atoms with Gasteiger partial charge in [0.1, 0.15) is 11.3 Å². The molecule has 0 unspecified atom stereocenters. The summed E-state index contributed by atoms with van der Waals surface area (Å²) in [4.78, 5) is 14.7. The van der Waals surface area contributed by atoms with Crippen molar-refractivity contribution >= 4 is 17.1 Å². The standard InChI is InChI=1S/C15H12N2O3/c16-15(18)19-9-13-7-12-6-10(3-4-14(12)20-13)11-2-1-5-17-8-11/h1-8H,9H2,(H2,16,18). The predicted octanol–water partition coefficient (Wildman–Crippen LogP) is 3.09. The van der Waals surface area contributed by atoms with Gasteiger partial charge >= 0.3 is 6.09 Å². The molecule has 20 heavy (non-hydrogen) atoms. The highest BCUT2D eigenvalue weighted by Crippen LogP contribution is 2.26. The highest BCUT2D eigenvalue weighted by atomic mass is 16.6. The quantitative estimate of drug-likeness (QED) is 0.791. The number of furan rings is 1. The monoisotopic (exact) mass is 268 g/mol. The van der Waals surface area contributed by atoms with Crippen LogP contribution in [0.15, 0.2) is 53.2 Å². The lowest BCUT2D eigenvalue weighted by Gasteiger charge is -1.99. The zero-order valence-electron chi connectivity index (χ0n) is 10.6. The molecular formula is C15H12N2O3. The molecule has 3 aromatic rings. The maximum Gasteiger partial charge on any atom is 0.404 e. The van der Waals surface area contributed by atoms with Gasteiger partial charge in [0.05, 0.1) is 0 Å². The first-order valence-electron chi connectivity index (χ1n) is 6.07. The molecule has 5 nitrogen and oxygen atoms in total. The van der Waals surface area contributed by atoms with Crippen molar-refractivity contribution in [3.63, 3.8) is 0 Å². The van der Waals surface area contributed by atoms with E-state index in [9.17, 15) is 4.79 Å². The molecule has 0 aliphatic carbocycles. The number of rotatable bonds is 3. The molecule has 5 heteroatoms. The van der Waals surface area contributed by atoms with Gasteiger partial charge < -0.3 is 14.9 Å². The summed E-state index contributed by atoms with van der Waals surface area (Å²) in [6.45, 7) is 0.0340. The van der Waals surface area contributed by atoms with Crippen LogP contribution in [0.3, 0.4) is 0 Å². The average molecular weight is 268 g/mol. The number of hydrogen-bond donors (Lipinski definition) is 1. The van der Waals surface area contributed by atoms with Gasteiger partial charge in [-0.05, 0) is 29.8 Å². The molecule has 0 saturated carbocycles. The Balaban J connectivity index is 1.93. The number of primary amides is 1. The predicted molar refractivity (Wildman–Crippen MR) is 73.8 cm³/mol. The Bertz CT molecular complexity index is 750. The van der Waals surface area contributed by atoms with Crippen molar-refractivity contribution in [1.82, 2.24) is 4.98 Å². The number of aromatic nitrogens is 1. The van der Waals surface area contributed by atoms with Gasteiger partial charge in [0.2, 0.25) is 0 Å². The maximum atomic E-state index is 10.6. The minimum Gasteiger partial charge on any atom is -0.457 e. The molecule has 0 atom stereocenters. The van der Waals surface area contributed by atoms with E-state index in [1.165, 1.54) is 0 Å². The molecule has 0 aliphatic rings. The van der Waals surface area contributed by atoms with E-state index in [4.69, 9.17) is 14.9 Å². The number of benzene rings is 1. The minimum atomic E-state index is -0.818. The first-order chi connectivity index (χ1) is 9.72. The summed E-state index contributed by atoms with van der Waals surface area (Å²) in [6.07, 6.45) is 2.72. The molecule has 0 bridgehead atoms. The molecule has 100 valence electrons. The summed E-state index contributed by atoms with van der Waals surface area (Å²) in [5, 5.41) is 0.939. The van der Waals surface area contributed by atoms with Gasteiger partial charge in [-0.25, -0.2) is 4.79 Å². The van der Waals surface area contributed by atoms with Gasteiger partial charge in [-0.2, -0.15) is 0 Å². The van der Waals surface area contributed by atoms with Gasteiger partial charge in [-0.3, -0.25) is 4.98 Å². The van der Waals surface area contributed by atoms with E-state index < -0.39 is 6.09 Å². The van der Waals surface area contributed by atoms with Crippen LogP contribution in [0.1, 0.15) is 5.76 Å². The summed E-state index contributed by atoms with van der Waals surface area (Å²) in [6, 6.07) is 11.6. The van der Waals surface area contributed by atoms with Crippen molar-refractivity contribution < 1.29 is 13.9 Å². The van der Waals surface area contributed by atoms with E-state index in [1.54, 1.807) is 12.4 Å². The third-order valence-corrected chi connectivity index (χ3v) is 2.92. The van der Waals surface area contributed by atoms with Crippen LogP contribution in [0.4, 0.5) is 4.79 Å². The third-order valence-electron chi connectivity index (χ3n) is 2.92. The minimum absolute atomic E-state index is 0.0340. The zero-order chi connectivity index (χ0) is 13.9. The Hall–Kier alpha value is -2.82. The number of fused-ring (bicyclic) bond motifs is 1. The van der Waals surface area contributed by atoms with Gasteiger partial charge in [-0.15, -0.1) is 0 Å². The average Bonchev–Trinajstić information content (AvgIpc) is 2.88.